The lowest BCUT2D eigenvalue weighted by Crippen LogP contribution is -1.87. The Kier molecular flexibility index (Phi) is 2.07. The van der Waals surface area contributed by atoms with Crippen molar-refractivity contribution < 1.29 is 0 Å². The van der Waals surface area contributed by atoms with E-state index in [0.29, 0.717) is 0 Å². The Bertz CT molecular complexity index is 258. The average molecular weight is 131 g/mol. The zero-order valence-electron chi connectivity index (χ0n) is 5.96. The van der Waals surface area contributed by atoms with Crippen LogP contribution in [0.4, 0.5) is 0 Å². The molecule has 0 atom stereocenters. The van der Waals surface area contributed by atoms with Crippen LogP contribution >= 0.6 is 0 Å². The molecule has 0 aliphatic carbocycles. The van der Waals surface area contributed by atoms with Gasteiger partial charge in [-0.2, -0.15) is 0 Å². The third-order valence-corrected chi connectivity index (χ3v) is 1.44. The third kappa shape index (κ3) is 1.16. The highest BCUT2D eigenvalue weighted by atomic mass is 14.6. The van der Waals surface area contributed by atoms with Crippen molar-refractivity contribution in [1.82, 2.24) is 4.98 Å². The van der Waals surface area contributed by atoms with Crippen LogP contribution in [0.15, 0.2) is 18.5 Å². The van der Waals surface area contributed by atoms with Gasteiger partial charge in [-0.3, -0.25) is 4.98 Å². The highest BCUT2D eigenvalue weighted by Crippen LogP contribution is 2.04. The minimum Gasteiger partial charge on any atom is -0.264 e. The van der Waals surface area contributed by atoms with Gasteiger partial charge in [0.25, 0.3) is 0 Å². The molecular formula is C9H9N. The van der Waals surface area contributed by atoms with Gasteiger partial charge in [-0.15, -0.1) is 6.42 Å². The van der Waals surface area contributed by atoms with Gasteiger partial charge in [0.15, 0.2) is 0 Å². The molecule has 0 fully saturated rings. The van der Waals surface area contributed by atoms with E-state index >= 15 is 0 Å². The molecule has 1 aromatic rings. The summed E-state index contributed by atoms with van der Waals surface area (Å²) in [5.41, 5.74) is 2.10. The molecule has 0 aromatic carbocycles. The molecule has 0 unspecified atom stereocenters. The Morgan fingerprint density at radius 3 is 3.00 bits per heavy atom. The molecule has 0 aliphatic heterocycles. The molecule has 1 heteroatoms. The molecule has 0 aliphatic rings. The normalized spacial score (nSPS) is 8.80. The first-order valence-corrected chi connectivity index (χ1v) is 3.28. The summed E-state index contributed by atoms with van der Waals surface area (Å²) in [6, 6.07) is 1.86. The first kappa shape index (κ1) is 6.82. The van der Waals surface area contributed by atoms with Crippen LogP contribution in [0.25, 0.3) is 0 Å². The highest BCUT2D eigenvalue weighted by Gasteiger charge is 1.93. The van der Waals surface area contributed by atoms with Crippen molar-refractivity contribution in [3.63, 3.8) is 0 Å². The molecule has 0 N–H and O–H groups in total. The minimum absolute atomic E-state index is 0.952. The van der Waals surface area contributed by atoms with Crippen LogP contribution in [0.2, 0.25) is 0 Å². The molecule has 10 heavy (non-hydrogen) atoms. The summed E-state index contributed by atoms with van der Waals surface area (Å²) in [5.74, 6) is 2.61. The molecule has 1 aromatic heterocycles. The van der Waals surface area contributed by atoms with E-state index in [1.165, 1.54) is 0 Å². The van der Waals surface area contributed by atoms with E-state index in [-0.39, 0.29) is 0 Å². The number of aryl methyl sites for hydroxylation is 1. The van der Waals surface area contributed by atoms with Gasteiger partial charge in [-0.25, -0.2) is 0 Å². The number of nitrogens with zero attached hydrogens (tertiary/aromatic N) is 1. The molecular weight excluding hydrogens is 122 g/mol. The smallest absolute Gasteiger partial charge is 0.0312 e. The molecule has 0 spiro atoms. The standard InChI is InChI=1S/C9H9N/c1-3-8-5-6-10-7-9(8)4-2/h1,5-7H,4H2,2H3. The van der Waals surface area contributed by atoms with Gasteiger partial charge in [0.2, 0.25) is 0 Å². The van der Waals surface area contributed by atoms with E-state index in [9.17, 15) is 0 Å². The molecule has 0 amide bonds. The molecule has 1 nitrogen and oxygen atoms in total. The zero-order valence-corrected chi connectivity index (χ0v) is 5.96. The van der Waals surface area contributed by atoms with E-state index in [1.807, 2.05) is 12.3 Å². The number of pyridine rings is 1. The lowest BCUT2D eigenvalue weighted by molar-refractivity contribution is 1.09. The van der Waals surface area contributed by atoms with Gasteiger partial charge in [0.05, 0.1) is 0 Å². The quantitative estimate of drug-likeness (QED) is 0.528. The maximum atomic E-state index is 5.25. The maximum Gasteiger partial charge on any atom is 0.0312 e. The molecule has 1 rings (SSSR count). The van der Waals surface area contributed by atoms with Crippen molar-refractivity contribution in [2.45, 2.75) is 13.3 Å². The summed E-state index contributed by atoms with van der Waals surface area (Å²) in [5, 5.41) is 0. The minimum atomic E-state index is 0.952. The predicted molar refractivity (Wildman–Crippen MR) is 41.6 cm³/mol. The van der Waals surface area contributed by atoms with E-state index in [4.69, 9.17) is 6.42 Å². The number of terminal acetylenes is 1. The van der Waals surface area contributed by atoms with Crippen molar-refractivity contribution in [1.29, 1.82) is 0 Å². The van der Waals surface area contributed by atoms with Gasteiger partial charge >= 0.3 is 0 Å². The summed E-state index contributed by atoms with van der Waals surface area (Å²) in [7, 11) is 0. The summed E-state index contributed by atoms with van der Waals surface area (Å²) >= 11 is 0. The van der Waals surface area contributed by atoms with Gasteiger partial charge in [0.1, 0.15) is 0 Å². The van der Waals surface area contributed by atoms with Crippen molar-refractivity contribution in [2.24, 2.45) is 0 Å². The lowest BCUT2D eigenvalue weighted by Gasteiger charge is -1.96. The van der Waals surface area contributed by atoms with Gasteiger partial charge in [0, 0.05) is 18.0 Å². The van der Waals surface area contributed by atoms with Crippen LogP contribution in [-0.2, 0) is 6.42 Å². The van der Waals surface area contributed by atoms with Crippen LogP contribution in [0.1, 0.15) is 18.1 Å². The molecule has 0 saturated heterocycles. The summed E-state index contributed by atoms with van der Waals surface area (Å²) in [6.45, 7) is 2.07. The van der Waals surface area contributed by atoms with Gasteiger partial charge in [-0.1, -0.05) is 12.8 Å². The number of rotatable bonds is 1. The second-order valence-electron chi connectivity index (χ2n) is 2.03. The van der Waals surface area contributed by atoms with Crippen LogP contribution in [0, 0.1) is 12.3 Å². The Morgan fingerprint density at radius 2 is 2.50 bits per heavy atom. The first-order valence-electron chi connectivity index (χ1n) is 3.28. The fraction of sp³-hybridized carbons (Fsp3) is 0.222. The van der Waals surface area contributed by atoms with Gasteiger partial charge in [-0.05, 0) is 18.1 Å². The molecule has 0 bridgehead atoms. The molecule has 1 heterocycles. The molecule has 0 saturated carbocycles. The molecule has 50 valence electrons. The number of aromatic nitrogens is 1. The summed E-state index contributed by atoms with van der Waals surface area (Å²) < 4.78 is 0. The summed E-state index contributed by atoms with van der Waals surface area (Å²) in [4.78, 5) is 3.97. The fourth-order valence-electron chi connectivity index (χ4n) is 0.850. The van der Waals surface area contributed by atoms with Crippen molar-refractivity contribution in [3.8, 4) is 12.3 Å². The number of hydrogen-bond acceptors (Lipinski definition) is 1. The monoisotopic (exact) mass is 131 g/mol. The average Bonchev–Trinajstić information content (AvgIpc) is 2.04. The Morgan fingerprint density at radius 1 is 1.70 bits per heavy atom. The van der Waals surface area contributed by atoms with Crippen molar-refractivity contribution in [3.05, 3.63) is 29.6 Å². The lowest BCUT2D eigenvalue weighted by atomic mass is 10.1. The van der Waals surface area contributed by atoms with Crippen molar-refractivity contribution in [2.75, 3.05) is 0 Å². The van der Waals surface area contributed by atoms with Crippen LogP contribution in [0.3, 0.4) is 0 Å². The summed E-state index contributed by atoms with van der Waals surface area (Å²) in [6.07, 6.45) is 9.73. The van der Waals surface area contributed by atoms with Crippen molar-refractivity contribution >= 4 is 0 Å². The van der Waals surface area contributed by atoms with E-state index in [2.05, 4.69) is 17.8 Å². The predicted octanol–water partition coefficient (Wildman–Crippen LogP) is 1.63. The van der Waals surface area contributed by atoms with Crippen LogP contribution < -0.4 is 0 Å². The second-order valence-corrected chi connectivity index (χ2v) is 2.03. The molecule has 0 radical (unpaired) electrons. The maximum absolute atomic E-state index is 5.25. The Hall–Kier alpha value is -1.29. The van der Waals surface area contributed by atoms with E-state index in [1.54, 1.807) is 6.20 Å². The van der Waals surface area contributed by atoms with E-state index < -0.39 is 0 Å². The first-order chi connectivity index (χ1) is 4.88. The van der Waals surface area contributed by atoms with E-state index in [0.717, 1.165) is 17.5 Å². The third-order valence-electron chi connectivity index (χ3n) is 1.44. The van der Waals surface area contributed by atoms with Crippen LogP contribution in [0.5, 0.6) is 0 Å². The fourth-order valence-corrected chi connectivity index (χ4v) is 0.850. The Balaban J connectivity index is 3.12. The SMILES string of the molecule is C#Cc1ccncc1CC. The highest BCUT2D eigenvalue weighted by molar-refractivity contribution is 5.37. The second kappa shape index (κ2) is 3.03. The number of hydrogen-bond donors (Lipinski definition) is 0. The van der Waals surface area contributed by atoms with Gasteiger partial charge < -0.3 is 0 Å². The topological polar surface area (TPSA) is 12.9 Å². The Labute approximate surface area is 61.1 Å². The zero-order chi connectivity index (χ0) is 7.40. The largest absolute Gasteiger partial charge is 0.264 e. The van der Waals surface area contributed by atoms with Crippen LogP contribution in [-0.4, -0.2) is 4.98 Å².